The summed E-state index contributed by atoms with van der Waals surface area (Å²) in [4.78, 5) is 0. The fourth-order valence-electron chi connectivity index (χ4n) is 1.80. The number of halogens is 2. The van der Waals surface area contributed by atoms with Crippen LogP contribution in [0.4, 0.5) is 8.78 Å². The van der Waals surface area contributed by atoms with Gasteiger partial charge < -0.3 is 5.73 Å². The van der Waals surface area contributed by atoms with Crippen molar-refractivity contribution in [3.63, 3.8) is 0 Å². The summed E-state index contributed by atoms with van der Waals surface area (Å²) in [7, 11) is 0. The maximum atomic E-state index is 13.0. The van der Waals surface area contributed by atoms with Gasteiger partial charge in [0.15, 0.2) is 0 Å². The van der Waals surface area contributed by atoms with Crippen molar-refractivity contribution in [1.82, 2.24) is 0 Å². The molecule has 0 aliphatic heterocycles. The Morgan fingerprint density at radius 3 is 2.29 bits per heavy atom. The third-order valence-electron chi connectivity index (χ3n) is 2.89. The molecule has 0 aromatic heterocycles. The van der Waals surface area contributed by atoms with Crippen molar-refractivity contribution in [3.8, 4) is 0 Å². The molecule has 1 nitrogen and oxygen atoms in total. The molecule has 1 aliphatic carbocycles. The van der Waals surface area contributed by atoms with Crippen molar-refractivity contribution in [1.29, 1.82) is 0 Å². The van der Waals surface area contributed by atoms with Gasteiger partial charge in [0.25, 0.3) is 5.92 Å². The topological polar surface area (TPSA) is 26.0 Å². The zero-order chi connectivity index (χ0) is 10.2. The molecule has 3 heteroatoms. The van der Waals surface area contributed by atoms with Crippen LogP contribution in [0.15, 0.2) is 24.3 Å². The van der Waals surface area contributed by atoms with Gasteiger partial charge in [-0.1, -0.05) is 24.3 Å². The lowest BCUT2D eigenvalue weighted by Gasteiger charge is -2.36. The minimum absolute atomic E-state index is 0.0241. The van der Waals surface area contributed by atoms with Crippen molar-refractivity contribution in [2.45, 2.75) is 31.2 Å². The summed E-state index contributed by atoms with van der Waals surface area (Å²) < 4.78 is 26.1. The van der Waals surface area contributed by atoms with Crippen molar-refractivity contribution in [2.75, 3.05) is 0 Å². The molecule has 1 saturated carbocycles. The van der Waals surface area contributed by atoms with Gasteiger partial charge in [0.1, 0.15) is 0 Å². The Labute approximate surface area is 81.9 Å². The molecular formula is C11H13F2N. The van der Waals surface area contributed by atoms with E-state index in [4.69, 9.17) is 5.73 Å². The van der Waals surface area contributed by atoms with E-state index in [0.717, 1.165) is 11.1 Å². The molecular weight excluding hydrogens is 184 g/mol. The van der Waals surface area contributed by atoms with Gasteiger partial charge in [0.05, 0.1) is 0 Å². The molecule has 1 aromatic rings. The van der Waals surface area contributed by atoms with E-state index in [-0.39, 0.29) is 6.42 Å². The second-order valence-electron chi connectivity index (χ2n) is 3.80. The summed E-state index contributed by atoms with van der Waals surface area (Å²) in [6.45, 7) is 0.460. The monoisotopic (exact) mass is 197 g/mol. The Morgan fingerprint density at radius 2 is 1.93 bits per heavy atom. The SMILES string of the molecule is NCc1ccc(C2CCC2(F)F)cc1. The lowest BCUT2D eigenvalue weighted by Crippen LogP contribution is -2.36. The van der Waals surface area contributed by atoms with Crippen LogP contribution in [0, 0.1) is 0 Å². The summed E-state index contributed by atoms with van der Waals surface area (Å²) in [5.74, 6) is -3.07. The van der Waals surface area contributed by atoms with Crippen molar-refractivity contribution in [2.24, 2.45) is 5.73 Å². The Bertz CT molecular complexity index is 319. The zero-order valence-electron chi connectivity index (χ0n) is 7.84. The number of alkyl halides is 2. The first kappa shape index (κ1) is 9.59. The summed E-state index contributed by atoms with van der Waals surface area (Å²) >= 11 is 0. The molecule has 0 radical (unpaired) electrons. The predicted octanol–water partition coefficient (Wildman–Crippen LogP) is 2.66. The fraction of sp³-hybridized carbons (Fsp3) is 0.455. The average Bonchev–Trinajstić information content (AvgIpc) is 2.18. The van der Waals surface area contributed by atoms with Gasteiger partial charge in [0, 0.05) is 18.9 Å². The van der Waals surface area contributed by atoms with Gasteiger partial charge in [0.2, 0.25) is 0 Å². The molecule has 14 heavy (non-hydrogen) atoms. The van der Waals surface area contributed by atoms with Gasteiger partial charge in [-0.3, -0.25) is 0 Å². The average molecular weight is 197 g/mol. The Hall–Kier alpha value is -0.960. The molecule has 76 valence electrons. The minimum Gasteiger partial charge on any atom is -0.326 e. The second kappa shape index (κ2) is 3.31. The number of hydrogen-bond donors (Lipinski definition) is 1. The molecule has 0 bridgehead atoms. The van der Waals surface area contributed by atoms with E-state index in [1.54, 1.807) is 12.1 Å². The molecule has 1 atom stereocenters. The quantitative estimate of drug-likeness (QED) is 0.775. The molecule has 2 rings (SSSR count). The van der Waals surface area contributed by atoms with Gasteiger partial charge in [-0.15, -0.1) is 0 Å². The van der Waals surface area contributed by atoms with Crippen LogP contribution in [-0.2, 0) is 6.54 Å². The Kier molecular flexibility index (Phi) is 2.27. The third-order valence-corrected chi connectivity index (χ3v) is 2.89. The van der Waals surface area contributed by atoms with Crippen molar-refractivity contribution < 1.29 is 8.78 Å². The number of nitrogens with two attached hydrogens (primary N) is 1. The number of benzene rings is 1. The van der Waals surface area contributed by atoms with Gasteiger partial charge in [-0.25, -0.2) is 8.78 Å². The predicted molar refractivity (Wildman–Crippen MR) is 51.3 cm³/mol. The van der Waals surface area contributed by atoms with E-state index < -0.39 is 11.8 Å². The molecule has 1 aliphatic rings. The van der Waals surface area contributed by atoms with E-state index >= 15 is 0 Å². The van der Waals surface area contributed by atoms with E-state index in [1.165, 1.54) is 0 Å². The van der Waals surface area contributed by atoms with Crippen LogP contribution in [0.3, 0.4) is 0 Å². The van der Waals surface area contributed by atoms with Crippen LogP contribution in [0.25, 0.3) is 0 Å². The van der Waals surface area contributed by atoms with E-state index in [2.05, 4.69) is 0 Å². The van der Waals surface area contributed by atoms with Crippen LogP contribution in [0.1, 0.15) is 29.9 Å². The molecule has 0 amide bonds. The molecule has 0 saturated heterocycles. The summed E-state index contributed by atoms with van der Waals surface area (Å²) in [5, 5.41) is 0. The first-order chi connectivity index (χ1) is 6.63. The van der Waals surface area contributed by atoms with Crippen LogP contribution in [-0.4, -0.2) is 5.92 Å². The third kappa shape index (κ3) is 1.52. The maximum absolute atomic E-state index is 13.0. The first-order valence-corrected chi connectivity index (χ1v) is 4.80. The van der Waals surface area contributed by atoms with Gasteiger partial charge >= 0.3 is 0 Å². The minimum atomic E-state index is -2.50. The molecule has 1 fully saturated rings. The number of hydrogen-bond acceptors (Lipinski definition) is 1. The zero-order valence-corrected chi connectivity index (χ0v) is 7.84. The standard InChI is InChI=1S/C11H13F2N/c12-11(13)6-5-10(11)9-3-1-8(7-14)2-4-9/h1-4,10H,5-7,14H2. The fourth-order valence-corrected chi connectivity index (χ4v) is 1.80. The van der Waals surface area contributed by atoms with Crippen LogP contribution < -0.4 is 5.73 Å². The maximum Gasteiger partial charge on any atom is 0.254 e. The van der Waals surface area contributed by atoms with Crippen molar-refractivity contribution in [3.05, 3.63) is 35.4 Å². The van der Waals surface area contributed by atoms with E-state index in [9.17, 15) is 8.78 Å². The Morgan fingerprint density at radius 1 is 1.29 bits per heavy atom. The molecule has 0 spiro atoms. The van der Waals surface area contributed by atoms with Crippen LogP contribution in [0.2, 0.25) is 0 Å². The van der Waals surface area contributed by atoms with Crippen molar-refractivity contribution >= 4 is 0 Å². The normalized spacial score (nSPS) is 24.4. The molecule has 1 unspecified atom stereocenters. The molecule has 2 N–H and O–H groups in total. The molecule has 0 heterocycles. The smallest absolute Gasteiger partial charge is 0.254 e. The first-order valence-electron chi connectivity index (χ1n) is 4.80. The highest BCUT2D eigenvalue weighted by atomic mass is 19.3. The largest absolute Gasteiger partial charge is 0.326 e. The lowest BCUT2D eigenvalue weighted by molar-refractivity contribution is -0.0962. The summed E-state index contributed by atoms with van der Waals surface area (Å²) in [5.41, 5.74) is 7.15. The summed E-state index contributed by atoms with van der Waals surface area (Å²) in [6, 6.07) is 7.17. The molecule has 1 aromatic carbocycles. The van der Waals surface area contributed by atoms with E-state index in [0.29, 0.717) is 13.0 Å². The van der Waals surface area contributed by atoms with Gasteiger partial charge in [-0.05, 0) is 17.5 Å². The van der Waals surface area contributed by atoms with E-state index in [1.807, 2.05) is 12.1 Å². The highest BCUT2D eigenvalue weighted by Gasteiger charge is 2.48. The van der Waals surface area contributed by atoms with Crippen LogP contribution in [0.5, 0.6) is 0 Å². The van der Waals surface area contributed by atoms with Gasteiger partial charge in [-0.2, -0.15) is 0 Å². The lowest BCUT2D eigenvalue weighted by atomic mass is 9.76. The highest BCUT2D eigenvalue weighted by Crippen LogP contribution is 2.49. The highest BCUT2D eigenvalue weighted by molar-refractivity contribution is 5.28. The Balaban J connectivity index is 2.17. The number of rotatable bonds is 2. The van der Waals surface area contributed by atoms with Crippen LogP contribution >= 0.6 is 0 Å². The second-order valence-corrected chi connectivity index (χ2v) is 3.80. The summed E-state index contributed by atoms with van der Waals surface area (Å²) in [6.07, 6.45) is 0.616.